The Bertz CT molecular complexity index is 572. The fourth-order valence-electron chi connectivity index (χ4n) is 5.46. The first-order valence-corrected chi connectivity index (χ1v) is 15.8. The lowest BCUT2D eigenvalue weighted by molar-refractivity contribution is -0.875. The Balaban J connectivity index is 3.66. The third kappa shape index (κ3) is 22.7. The number of aliphatic hydroxyl groups is 1. The van der Waals surface area contributed by atoms with Crippen molar-refractivity contribution in [1.82, 2.24) is 0 Å². The lowest BCUT2D eigenvalue weighted by Gasteiger charge is -2.34. The van der Waals surface area contributed by atoms with E-state index in [9.17, 15) is 19.8 Å². The molecular formula is C32H63NO4. The average Bonchev–Trinajstić information content (AvgIpc) is 2.79. The lowest BCUT2D eigenvalue weighted by atomic mass is 9.89. The summed E-state index contributed by atoms with van der Waals surface area (Å²) in [4.78, 5) is 23.6. The van der Waals surface area contributed by atoms with E-state index < -0.39 is 18.0 Å². The Labute approximate surface area is 230 Å². The number of carboxylic acid groups (broad SMARTS) is 1. The number of likely N-dealkylation sites (N-methyl/N-ethyl adjacent to an activating group) is 1. The molecule has 5 heteroatoms. The quantitative estimate of drug-likeness (QED) is 0.0927. The van der Waals surface area contributed by atoms with Crippen molar-refractivity contribution in [2.75, 3.05) is 27.7 Å². The van der Waals surface area contributed by atoms with Gasteiger partial charge >= 0.3 is 0 Å². The standard InChI is InChI=1S/C32H63NO4/c1-6-7-8-9-10-11-12-13-15-18-21-24-29(2)25-22-19-16-14-17-20-23-26-30(34)32(37,27-31(35)36)28-33(3,4)5/h29,37H,6-28H2,1-5H3. The van der Waals surface area contributed by atoms with E-state index in [1.54, 1.807) is 0 Å². The summed E-state index contributed by atoms with van der Waals surface area (Å²) in [5.74, 6) is -0.898. The minimum Gasteiger partial charge on any atom is -0.550 e. The maximum absolute atomic E-state index is 12.6. The van der Waals surface area contributed by atoms with Crippen molar-refractivity contribution in [3.63, 3.8) is 0 Å². The Kier molecular flexibility index (Phi) is 21.4. The van der Waals surface area contributed by atoms with E-state index in [0.717, 1.165) is 18.8 Å². The molecule has 0 rings (SSSR count). The predicted octanol–water partition coefficient (Wildman–Crippen LogP) is 6.98. The molecule has 1 N–H and O–H groups in total. The van der Waals surface area contributed by atoms with Crippen LogP contribution in [-0.2, 0) is 9.59 Å². The van der Waals surface area contributed by atoms with Crippen LogP contribution in [-0.4, -0.2) is 54.6 Å². The van der Waals surface area contributed by atoms with Gasteiger partial charge in [0, 0.05) is 18.8 Å². The molecule has 0 amide bonds. The topological polar surface area (TPSA) is 77.4 Å². The monoisotopic (exact) mass is 525 g/mol. The van der Waals surface area contributed by atoms with E-state index >= 15 is 0 Å². The van der Waals surface area contributed by atoms with Crippen molar-refractivity contribution in [1.29, 1.82) is 0 Å². The van der Waals surface area contributed by atoms with Crippen LogP contribution in [0.15, 0.2) is 0 Å². The van der Waals surface area contributed by atoms with Crippen LogP contribution in [0.25, 0.3) is 0 Å². The number of aliphatic carboxylic acids is 1. The maximum atomic E-state index is 12.6. The molecule has 0 aromatic heterocycles. The van der Waals surface area contributed by atoms with E-state index in [0.29, 0.717) is 10.9 Å². The first-order chi connectivity index (χ1) is 17.5. The van der Waals surface area contributed by atoms with Gasteiger partial charge in [-0.15, -0.1) is 0 Å². The average molecular weight is 526 g/mol. The predicted molar refractivity (Wildman–Crippen MR) is 154 cm³/mol. The number of hydrogen-bond acceptors (Lipinski definition) is 4. The Hall–Kier alpha value is -0.940. The summed E-state index contributed by atoms with van der Waals surface area (Å²) < 4.78 is 0.327. The molecule has 2 unspecified atom stereocenters. The van der Waals surface area contributed by atoms with E-state index in [1.807, 2.05) is 21.1 Å². The fourth-order valence-corrected chi connectivity index (χ4v) is 5.46. The van der Waals surface area contributed by atoms with Crippen molar-refractivity contribution < 1.29 is 24.3 Å². The number of hydrogen-bond donors (Lipinski definition) is 1. The summed E-state index contributed by atoms with van der Waals surface area (Å²) in [5.41, 5.74) is -1.83. The molecule has 0 saturated heterocycles. The molecule has 0 radical (unpaired) electrons. The van der Waals surface area contributed by atoms with Crippen molar-refractivity contribution >= 4 is 11.8 Å². The summed E-state index contributed by atoms with van der Waals surface area (Å²) in [6.07, 6.45) is 25.7. The molecule has 0 saturated carbocycles. The minimum absolute atomic E-state index is 0.0808. The van der Waals surface area contributed by atoms with Crippen molar-refractivity contribution in [3.05, 3.63) is 0 Å². The van der Waals surface area contributed by atoms with Crippen LogP contribution < -0.4 is 5.11 Å². The van der Waals surface area contributed by atoms with Gasteiger partial charge in [-0.25, -0.2) is 0 Å². The zero-order valence-electron chi connectivity index (χ0n) is 25.5. The normalized spacial score (nSPS) is 14.4. The maximum Gasteiger partial charge on any atom is 0.177 e. The second-order valence-corrected chi connectivity index (χ2v) is 12.9. The third-order valence-electron chi connectivity index (χ3n) is 7.59. The van der Waals surface area contributed by atoms with Gasteiger partial charge < -0.3 is 19.5 Å². The third-order valence-corrected chi connectivity index (χ3v) is 7.59. The first kappa shape index (κ1) is 36.1. The van der Waals surface area contributed by atoms with Crippen LogP contribution in [0.5, 0.6) is 0 Å². The number of carbonyl (C=O) groups is 2. The molecule has 5 nitrogen and oxygen atoms in total. The number of ketones is 1. The van der Waals surface area contributed by atoms with E-state index in [4.69, 9.17) is 0 Å². The van der Waals surface area contributed by atoms with Crippen LogP contribution in [0.1, 0.15) is 155 Å². The molecule has 0 aromatic carbocycles. The number of Topliss-reactive ketones (excluding diaryl/α,β-unsaturated/α-hetero) is 1. The minimum atomic E-state index is -1.83. The molecule has 0 aliphatic carbocycles. The van der Waals surface area contributed by atoms with Crippen LogP contribution in [0.2, 0.25) is 0 Å². The highest BCUT2D eigenvalue weighted by atomic mass is 16.4. The fraction of sp³-hybridized carbons (Fsp3) is 0.938. The largest absolute Gasteiger partial charge is 0.550 e. The van der Waals surface area contributed by atoms with Gasteiger partial charge in [-0.05, 0) is 12.3 Å². The second kappa shape index (κ2) is 21.9. The van der Waals surface area contributed by atoms with Crippen LogP contribution in [0, 0.1) is 5.92 Å². The number of nitrogens with zero attached hydrogens (tertiary/aromatic N) is 1. The van der Waals surface area contributed by atoms with Crippen LogP contribution >= 0.6 is 0 Å². The molecule has 0 aliphatic heterocycles. The molecule has 0 bridgehead atoms. The van der Waals surface area contributed by atoms with Crippen molar-refractivity contribution in [3.8, 4) is 0 Å². The molecule has 0 spiro atoms. The molecule has 0 aliphatic rings. The smallest absolute Gasteiger partial charge is 0.177 e. The zero-order valence-corrected chi connectivity index (χ0v) is 25.5. The molecule has 2 atom stereocenters. The van der Waals surface area contributed by atoms with E-state index in [-0.39, 0.29) is 18.7 Å². The van der Waals surface area contributed by atoms with E-state index in [1.165, 1.54) is 109 Å². The summed E-state index contributed by atoms with van der Waals surface area (Å²) in [5, 5.41) is 21.7. The molecular weight excluding hydrogens is 462 g/mol. The van der Waals surface area contributed by atoms with Crippen LogP contribution in [0.4, 0.5) is 0 Å². The lowest BCUT2D eigenvalue weighted by Crippen LogP contribution is -2.56. The van der Waals surface area contributed by atoms with Gasteiger partial charge in [-0.1, -0.05) is 136 Å². The van der Waals surface area contributed by atoms with Crippen LogP contribution in [0.3, 0.4) is 0 Å². The highest BCUT2D eigenvalue weighted by Crippen LogP contribution is 2.21. The molecule has 220 valence electrons. The number of unbranched alkanes of at least 4 members (excludes halogenated alkanes) is 16. The van der Waals surface area contributed by atoms with Gasteiger partial charge in [0.05, 0.1) is 21.1 Å². The van der Waals surface area contributed by atoms with Gasteiger partial charge in [0.25, 0.3) is 0 Å². The second-order valence-electron chi connectivity index (χ2n) is 12.9. The molecule has 0 fully saturated rings. The number of carboxylic acids is 1. The Morgan fingerprint density at radius 2 is 1.08 bits per heavy atom. The molecule has 0 heterocycles. The highest BCUT2D eigenvalue weighted by Gasteiger charge is 2.40. The first-order valence-electron chi connectivity index (χ1n) is 15.8. The zero-order chi connectivity index (χ0) is 28.0. The van der Waals surface area contributed by atoms with Gasteiger partial charge in [0.2, 0.25) is 0 Å². The highest BCUT2D eigenvalue weighted by molar-refractivity contribution is 5.90. The van der Waals surface area contributed by atoms with Gasteiger partial charge in [-0.2, -0.15) is 0 Å². The number of rotatable bonds is 27. The van der Waals surface area contributed by atoms with E-state index in [2.05, 4.69) is 13.8 Å². The van der Waals surface area contributed by atoms with Crippen molar-refractivity contribution in [2.24, 2.45) is 5.92 Å². The van der Waals surface area contributed by atoms with Gasteiger partial charge in [0.1, 0.15) is 6.54 Å². The molecule has 0 aromatic rings. The SMILES string of the molecule is CCCCCCCCCCCCCC(C)CCCCCCCCCC(=O)C(O)(CC(=O)[O-])C[N+](C)(C)C. The summed E-state index contributed by atoms with van der Waals surface area (Å²) in [6, 6.07) is 0. The Morgan fingerprint density at radius 3 is 1.46 bits per heavy atom. The number of carbonyl (C=O) groups excluding carboxylic acids is 2. The summed E-state index contributed by atoms with van der Waals surface area (Å²) in [7, 11) is 5.52. The number of quaternary nitrogens is 1. The Morgan fingerprint density at radius 1 is 0.703 bits per heavy atom. The van der Waals surface area contributed by atoms with Gasteiger partial charge in [0.15, 0.2) is 11.4 Å². The van der Waals surface area contributed by atoms with Gasteiger partial charge in [-0.3, -0.25) is 4.79 Å². The summed E-state index contributed by atoms with van der Waals surface area (Å²) >= 11 is 0. The summed E-state index contributed by atoms with van der Waals surface area (Å²) in [6.45, 7) is 4.77. The molecule has 37 heavy (non-hydrogen) atoms. The van der Waals surface area contributed by atoms with Crippen molar-refractivity contribution in [2.45, 2.75) is 161 Å².